The highest BCUT2D eigenvalue weighted by Crippen LogP contribution is 2.07. The molecule has 0 aliphatic carbocycles. The Hall–Kier alpha value is -1.69. The lowest BCUT2D eigenvalue weighted by atomic mass is 10.1. The molecule has 1 rings (SSSR count). The van der Waals surface area contributed by atoms with E-state index >= 15 is 0 Å². The number of guanidine groups is 1. The number of unbranched alkanes of at least 4 members (excludes halogenated alkanes) is 1. The number of aliphatic imine (C=N–C) groups is 1. The van der Waals surface area contributed by atoms with Crippen LogP contribution in [0.2, 0.25) is 0 Å². The van der Waals surface area contributed by atoms with E-state index < -0.39 is 0 Å². The molecule has 0 atom stereocenters. The average Bonchev–Trinajstić information content (AvgIpc) is 2.64. The summed E-state index contributed by atoms with van der Waals surface area (Å²) in [6.45, 7) is 7.11. The summed E-state index contributed by atoms with van der Waals surface area (Å²) in [6, 6.07) is 7.67. The number of carbonyl (C=O) groups is 1. The van der Waals surface area contributed by atoms with E-state index in [0.717, 1.165) is 37.5 Å². The predicted octanol–water partition coefficient (Wildman–Crippen LogP) is 3.02. The highest BCUT2D eigenvalue weighted by molar-refractivity contribution is 7.98. The topological polar surface area (TPSA) is 65.5 Å². The van der Waals surface area contributed by atoms with Gasteiger partial charge in [-0.05, 0) is 55.9 Å². The Bertz CT molecular complexity index is 534. The summed E-state index contributed by atoms with van der Waals surface area (Å²) < 4.78 is 0. The maximum Gasteiger partial charge on any atom is 0.251 e. The Kier molecular flexibility index (Phi) is 11.6. The van der Waals surface area contributed by atoms with E-state index in [1.54, 1.807) is 0 Å². The number of amides is 1. The van der Waals surface area contributed by atoms with Gasteiger partial charge in [-0.15, -0.1) is 0 Å². The number of thioether (sulfide) groups is 1. The van der Waals surface area contributed by atoms with Crippen LogP contribution >= 0.6 is 11.8 Å². The van der Waals surface area contributed by atoms with Crippen LogP contribution in [0.5, 0.6) is 0 Å². The molecule has 0 radical (unpaired) electrons. The zero-order valence-electron chi connectivity index (χ0n) is 15.7. The number of hydrogen-bond donors (Lipinski definition) is 3. The molecule has 3 N–H and O–H groups in total. The van der Waals surface area contributed by atoms with E-state index in [0.29, 0.717) is 18.7 Å². The molecule has 0 heterocycles. The molecule has 1 amide bonds. The van der Waals surface area contributed by atoms with Crippen molar-refractivity contribution < 1.29 is 4.79 Å². The summed E-state index contributed by atoms with van der Waals surface area (Å²) in [6.07, 6.45) is 5.42. The van der Waals surface area contributed by atoms with Crippen LogP contribution < -0.4 is 16.0 Å². The highest BCUT2D eigenvalue weighted by Gasteiger charge is 2.05. The molecule has 0 aromatic heterocycles. The first-order chi connectivity index (χ1) is 12.2. The third-order valence-corrected chi connectivity index (χ3v) is 4.25. The van der Waals surface area contributed by atoms with Gasteiger partial charge in [-0.3, -0.25) is 4.79 Å². The van der Waals surface area contributed by atoms with Crippen molar-refractivity contribution >= 4 is 23.6 Å². The van der Waals surface area contributed by atoms with Gasteiger partial charge in [0.25, 0.3) is 5.91 Å². The van der Waals surface area contributed by atoms with Crippen molar-refractivity contribution in [2.75, 3.05) is 31.6 Å². The van der Waals surface area contributed by atoms with E-state index in [2.05, 4.69) is 34.1 Å². The Balaban J connectivity index is 2.58. The molecule has 0 spiro atoms. The molecule has 1 aromatic rings. The van der Waals surface area contributed by atoms with Crippen LogP contribution in [-0.2, 0) is 6.54 Å². The van der Waals surface area contributed by atoms with E-state index in [4.69, 9.17) is 0 Å². The van der Waals surface area contributed by atoms with Crippen molar-refractivity contribution in [1.82, 2.24) is 16.0 Å². The van der Waals surface area contributed by atoms with E-state index in [1.165, 1.54) is 12.2 Å². The molecule has 5 nitrogen and oxygen atoms in total. The van der Waals surface area contributed by atoms with Crippen molar-refractivity contribution in [3.8, 4) is 0 Å². The number of rotatable bonds is 11. The van der Waals surface area contributed by atoms with Gasteiger partial charge in [0, 0.05) is 25.2 Å². The molecule has 0 aliphatic heterocycles. The highest BCUT2D eigenvalue weighted by atomic mass is 32.2. The summed E-state index contributed by atoms with van der Waals surface area (Å²) in [5.41, 5.74) is 1.72. The summed E-state index contributed by atoms with van der Waals surface area (Å²) >= 11 is 1.88. The summed E-state index contributed by atoms with van der Waals surface area (Å²) in [5, 5.41) is 9.53. The van der Waals surface area contributed by atoms with Crippen LogP contribution in [-0.4, -0.2) is 43.5 Å². The molecular formula is C19H32N4OS. The van der Waals surface area contributed by atoms with Gasteiger partial charge < -0.3 is 16.0 Å². The monoisotopic (exact) mass is 364 g/mol. The van der Waals surface area contributed by atoms with Crippen molar-refractivity contribution in [3.05, 3.63) is 35.4 Å². The SMILES string of the molecule is CCCNC(=O)c1cccc(CN=C(NCC)NCCCCSC)c1. The van der Waals surface area contributed by atoms with Gasteiger partial charge >= 0.3 is 0 Å². The number of benzene rings is 1. The third-order valence-electron chi connectivity index (χ3n) is 3.56. The number of nitrogens with one attached hydrogen (secondary N) is 3. The smallest absolute Gasteiger partial charge is 0.251 e. The second-order valence-corrected chi connectivity index (χ2v) is 6.76. The number of nitrogens with zero attached hydrogens (tertiary/aromatic N) is 1. The molecular weight excluding hydrogens is 332 g/mol. The van der Waals surface area contributed by atoms with Crippen LogP contribution in [0.4, 0.5) is 0 Å². The quantitative estimate of drug-likeness (QED) is 0.321. The van der Waals surface area contributed by atoms with Crippen molar-refractivity contribution in [2.24, 2.45) is 4.99 Å². The molecule has 1 aromatic carbocycles. The normalized spacial score (nSPS) is 11.2. The minimum absolute atomic E-state index is 0.0218. The fourth-order valence-electron chi connectivity index (χ4n) is 2.24. The second-order valence-electron chi connectivity index (χ2n) is 5.78. The lowest BCUT2D eigenvalue weighted by Gasteiger charge is -2.11. The van der Waals surface area contributed by atoms with Crippen LogP contribution in [0.25, 0.3) is 0 Å². The lowest BCUT2D eigenvalue weighted by Crippen LogP contribution is -2.37. The summed E-state index contributed by atoms with van der Waals surface area (Å²) in [5.74, 6) is 2.00. The molecule has 6 heteroatoms. The Morgan fingerprint density at radius 3 is 2.68 bits per heavy atom. The zero-order chi connectivity index (χ0) is 18.3. The van der Waals surface area contributed by atoms with Gasteiger partial charge in [-0.25, -0.2) is 4.99 Å². The molecule has 0 fully saturated rings. The maximum absolute atomic E-state index is 12.1. The second kappa shape index (κ2) is 13.6. The largest absolute Gasteiger partial charge is 0.357 e. The van der Waals surface area contributed by atoms with E-state index in [-0.39, 0.29) is 5.91 Å². The average molecular weight is 365 g/mol. The molecule has 0 unspecified atom stereocenters. The van der Waals surface area contributed by atoms with Crippen LogP contribution in [0, 0.1) is 0 Å². The van der Waals surface area contributed by atoms with Gasteiger partial charge in [0.15, 0.2) is 5.96 Å². The van der Waals surface area contributed by atoms with Gasteiger partial charge in [-0.2, -0.15) is 11.8 Å². The number of carbonyl (C=O) groups excluding carboxylic acids is 1. The van der Waals surface area contributed by atoms with E-state index in [9.17, 15) is 4.79 Å². The Labute approximate surface area is 156 Å². The first-order valence-corrected chi connectivity index (χ1v) is 10.5. The van der Waals surface area contributed by atoms with Crippen LogP contribution in [0.15, 0.2) is 29.3 Å². The van der Waals surface area contributed by atoms with Crippen LogP contribution in [0.1, 0.15) is 49.0 Å². The van der Waals surface area contributed by atoms with Crippen LogP contribution in [0.3, 0.4) is 0 Å². The predicted molar refractivity (Wildman–Crippen MR) is 110 cm³/mol. The summed E-state index contributed by atoms with van der Waals surface area (Å²) in [4.78, 5) is 16.7. The zero-order valence-corrected chi connectivity index (χ0v) is 16.5. The van der Waals surface area contributed by atoms with Gasteiger partial charge in [0.1, 0.15) is 0 Å². The minimum Gasteiger partial charge on any atom is -0.357 e. The van der Waals surface area contributed by atoms with Gasteiger partial charge in [0.05, 0.1) is 6.54 Å². The minimum atomic E-state index is -0.0218. The molecule has 0 bridgehead atoms. The standard InChI is InChI=1S/C19H32N4OS/c1-4-11-21-18(24)17-10-8-9-16(14-17)15-23-19(20-5-2)22-12-6-7-13-25-3/h8-10,14H,4-7,11-13,15H2,1-3H3,(H,21,24)(H2,20,22,23). The molecule has 25 heavy (non-hydrogen) atoms. The van der Waals surface area contributed by atoms with Gasteiger partial charge in [0.2, 0.25) is 0 Å². The molecule has 0 aliphatic rings. The molecule has 0 saturated heterocycles. The van der Waals surface area contributed by atoms with Gasteiger partial charge in [-0.1, -0.05) is 19.1 Å². The summed E-state index contributed by atoms with van der Waals surface area (Å²) in [7, 11) is 0. The third kappa shape index (κ3) is 9.39. The Morgan fingerprint density at radius 2 is 1.96 bits per heavy atom. The maximum atomic E-state index is 12.1. The lowest BCUT2D eigenvalue weighted by molar-refractivity contribution is 0.0953. The van der Waals surface area contributed by atoms with Crippen molar-refractivity contribution in [1.29, 1.82) is 0 Å². The fourth-order valence-corrected chi connectivity index (χ4v) is 2.73. The molecule has 0 saturated carbocycles. The van der Waals surface area contributed by atoms with Crippen molar-refractivity contribution in [2.45, 2.75) is 39.7 Å². The first-order valence-electron chi connectivity index (χ1n) is 9.09. The number of hydrogen-bond acceptors (Lipinski definition) is 3. The Morgan fingerprint density at radius 1 is 1.12 bits per heavy atom. The van der Waals surface area contributed by atoms with Crippen molar-refractivity contribution in [3.63, 3.8) is 0 Å². The molecule has 140 valence electrons. The fraction of sp³-hybridized carbons (Fsp3) is 0.579. The van der Waals surface area contributed by atoms with E-state index in [1.807, 2.05) is 43.0 Å². The first kappa shape index (κ1) is 21.4.